The number of benzene rings is 1. The van der Waals surface area contributed by atoms with Gasteiger partial charge in [0.1, 0.15) is 5.69 Å². The molecule has 0 aliphatic rings. The largest absolute Gasteiger partial charge is 0.375 e. The van der Waals surface area contributed by atoms with Crippen molar-refractivity contribution in [3.63, 3.8) is 0 Å². The molecule has 0 spiro atoms. The van der Waals surface area contributed by atoms with Crippen LogP contribution in [0.1, 0.15) is 25.5 Å². The minimum atomic E-state index is 0.467. The van der Waals surface area contributed by atoms with Gasteiger partial charge in [-0.05, 0) is 24.6 Å². The molecule has 1 aromatic carbocycles. The highest BCUT2D eigenvalue weighted by atomic mass is 35.5. The van der Waals surface area contributed by atoms with E-state index in [1.165, 1.54) is 0 Å². The summed E-state index contributed by atoms with van der Waals surface area (Å²) in [6.07, 6.45) is 3.99. The molecule has 0 aliphatic carbocycles. The van der Waals surface area contributed by atoms with Crippen molar-refractivity contribution in [3.05, 3.63) is 40.1 Å². The number of aromatic nitrogens is 3. The molecule has 6 heteroatoms. The molecule has 0 fully saturated rings. The van der Waals surface area contributed by atoms with E-state index in [2.05, 4.69) is 17.2 Å². The number of unbranched alkanes of at least 4 members (excludes halogenated alkanes) is 1. The van der Waals surface area contributed by atoms with Crippen LogP contribution in [0.4, 0.5) is 0 Å². The fourth-order valence-corrected chi connectivity index (χ4v) is 2.10. The average molecular weight is 300 g/mol. The molecule has 0 N–H and O–H groups in total. The summed E-state index contributed by atoms with van der Waals surface area (Å²) in [7, 11) is 0. The first-order chi connectivity index (χ1) is 9.19. The second kappa shape index (κ2) is 6.89. The molecule has 0 atom stereocenters. The zero-order valence-electron chi connectivity index (χ0n) is 10.6. The first-order valence-corrected chi connectivity index (χ1v) is 6.90. The van der Waals surface area contributed by atoms with Crippen LogP contribution in [0, 0.1) is 0 Å². The van der Waals surface area contributed by atoms with Gasteiger partial charge in [0, 0.05) is 16.7 Å². The monoisotopic (exact) mass is 299 g/mol. The molecule has 4 nitrogen and oxygen atoms in total. The van der Waals surface area contributed by atoms with Crippen molar-refractivity contribution in [2.75, 3.05) is 6.61 Å². The Morgan fingerprint density at radius 1 is 1.21 bits per heavy atom. The maximum atomic E-state index is 5.95. The molecule has 102 valence electrons. The highest BCUT2D eigenvalue weighted by Crippen LogP contribution is 2.21. The Balaban J connectivity index is 2.03. The van der Waals surface area contributed by atoms with Gasteiger partial charge in [0.05, 0.1) is 18.5 Å². The molecule has 0 unspecified atom stereocenters. The summed E-state index contributed by atoms with van der Waals surface area (Å²) in [4.78, 5) is 0. The summed E-state index contributed by atoms with van der Waals surface area (Å²) in [6.45, 7) is 3.34. The van der Waals surface area contributed by atoms with E-state index in [1.54, 1.807) is 22.9 Å². The highest BCUT2D eigenvalue weighted by molar-refractivity contribution is 6.34. The SMILES string of the molecule is CCCCOCc1cn(-c2cc(Cl)cc(Cl)c2)nn1. The maximum Gasteiger partial charge on any atom is 0.109 e. The quantitative estimate of drug-likeness (QED) is 0.760. The van der Waals surface area contributed by atoms with Crippen molar-refractivity contribution < 1.29 is 4.74 Å². The minimum absolute atomic E-state index is 0.467. The summed E-state index contributed by atoms with van der Waals surface area (Å²) in [5.74, 6) is 0. The van der Waals surface area contributed by atoms with Gasteiger partial charge in [0.2, 0.25) is 0 Å². The third kappa shape index (κ3) is 4.20. The third-order valence-electron chi connectivity index (χ3n) is 2.54. The lowest BCUT2D eigenvalue weighted by Crippen LogP contribution is -1.95. The smallest absolute Gasteiger partial charge is 0.109 e. The zero-order chi connectivity index (χ0) is 13.7. The summed E-state index contributed by atoms with van der Waals surface area (Å²) in [5, 5.41) is 9.22. The summed E-state index contributed by atoms with van der Waals surface area (Å²) in [5.41, 5.74) is 1.57. The fourth-order valence-electron chi connectivity index (χ4n) is 1.59. The Bertz CT molecular complexity index is 522. The predicted octanol–water partition coefficient (Wildman–Crippen LogP) is 3.89. The van der Waals surface area contributed by atoms with E-state index in [-0.39, 0.29) is 0 Å². The van der Waals surface area contributed by atoms with Crippen molar-refractivity contribution in [1.29, 1.82) is 0 Å². The maximum absolute atomic E-state index is 5.95. The first-order valence-electron chi connectivity index (χ1n) is 6.14. The van der Waals surface area contributed by atoms with E-state index in [9.17, 15) is 0 Å². The number of hydrogen-bond donors (Lipinski definition) is 0. The first kappa shape index (κ1) is 14.3. The summed E-state index contributed by atoms with van der Waals surface area (Å²) < 4.78 is 7.12. The van der Waals surface area contributed by atoms with E-state index < -0.39 is 0 Å². The van der Waals surface area contributed by atoms with Crippen LogP contribution in [0.3, 0.4) is 0 Å². The van der Waals surface area contributed by atoms with Crippen LogP contribution >= 0.6 is 23.2 Å². The van der Waals surface area contributed by atoms with E-state index in [0.717, 1.165) is 30.8 Å². The van der Waals surface area contributed by atoms with Crippen LogP contribution in [0.15, 0.2) is 24.4 Å². The number of halogens is 2. The van der Waals surface area contributed by atoms with Crippen LogP contribution < -0.4 is 0 Å². The van der Waals surface area contributed by atoms with Crippen molar-refractivity contribution >= 4 is 23.2 Å². The van der Waals surface area contributed by atoms with Crippen LogP contribution in [-0.2, 0) is 11.3 Å². The Morgan fingerprint density at radius 2 is 1.95 bits per heavy atom. The Hall–Kier alpha value is -1.10. The zero-order valence-corrected chi connectivity index (χ0v) is 12.2. The van der Waals surface area contributed by atoms with E-state index >= 15 is 0 Å². The summed E-state index contributed by atoms with van der Waals surface area (Å²) >= 11 is 11.9. The van der Waals surface area contributed by atoms with Crippen molar-refractivity contribution in [1.82, 2.24) is 15.0 Å². The Morgan fingerprint density at radius 3 is 2.63 bits per heavy atom. The number of rotatable bonds is 6. The Kier molecular flexibility index (Phi) is 5.19. The average Bonchev–Trinajstić information content (AvgIpc) is 2.82. The van der Waals surface area contributed by atoms with Gasteiger partial charge < -0.3 is 4.74 Å². The van der Waals surface area contributed by atoms with Gasteiger partial charge in [-0.2, -0.15) is 0 Å². The van der Waals surface area contributed by atoms with Gasteiger partial charge in [0.25, 0.3) is 0 Å². The molecule has 19 heavy (non-hydrogen) atoms. The lowest BCUT2D eigenvalue weighted by Gasteiger charge is -2.01. The fraction of sp³-hybridized carbons (Fsp3) is 0.385. The van der Waals surface area contributed by atoms with Gasteiger partial charge >= 0.3 is 0 Å². The lowest BCUT2D eigenvalue weighted by atomic mass is 10.3. The van der Waals surface area contributed by atoms with Crippen LogP contribution in [-0.4, -0.2) is 21.6 Å². The molecule has 0 aliphatic heterocycles. The van der Waals surface area contributed by atoms with Gasteiger partial charge in [-0.3, -0.25) is 0 Å². The van der Waals surface area contributed by atoms with E-state index in [4.69, 9.17) is 27.9 Å². The minimum Gasteiger partial charge on any atom is -0.375 e. The standard InChI is InChI=1S/C13H15Cl2N3O/c1-2-3-4-19-9-12-8-18(17-16-12)13-6-10(14)5-11(15)7-13/h5-8H,2-4,9H2,1H3. The molecule has 0 saturated heterocycles. The lowest BCUT2D eigenvalue weighted by molar-refractivity contribution is 0.115. The molecular formula is C13H15Cl2N3O. The second-order valence-electron chi connectivity index (χ2n) is 4.19. The molecule has 2 aromatic rings. The van der Waals surface area contributed by atoms with E-state index in [1.807, 2.05) is 6.20 Å². The molecular weight excluding hydrogens is 285 g/mol. The molecule has 0 radical (unpaired) electrons. The normalized spacial score (nSPS) is 10.9. The molecule has 2 rings (SSSR count). The highest BCUT2D eigenvalue weighted by Gasteiger charge is 2.05. The van der Waals surface area contributed by atoms with Gasteiger partial charge in [-0.1, -0.05) is 41.8 Å². The topological polar surface area (TPSA) is 39.9 Å². The number of hydrogen-bond acceptors (Lipinski definition) is 3. The number of ether oxygens (including phenoxy) is 1. The van der Waals surface area contributed by atoms with Gasteiger partial charge in [-0.15, -0.1) is 5.10 Å². The van der Waals surface area contributed by atoms with Crippen molar-refractivity contribution in [3.8, 4) is 5.69 Å². The van der Waals surface area contributed by atoms with Gasteiger partial charge in [0.15, 0.2) is 0 Å². The van der Waals surface area contributed by atoms with Crippen molar-refractivity contribution in [2.24, 2.45) is 0 Å². The van der Waals surface area contributed by atoms with E-state index in [0.29, 0.717) is 16.7 Å². The molecule has 1 aromatic heterocycles. The molecule has 0 bridgehead atoms. The third-order valence-corrected chi connectivity index (χ3v) is 2.98. The molecule has 1 heterocycles. The summed E-state index contributed by atoms with van der Waals surface area (Å²) in [6, 6.07) is 5.24. The van der Waals surface area contributed by atoms with Crippen LogP contribution in [0.5, 0.6) is 0 Å². The molecule has 0 saturated carbocycles. The molecule has 0 amide bonds. The Labute approximate surface area is 122 Å². The second-order valence-corrected chi connectivity index (χ2v) is 5.06. The van der Waals surface area contributed by atoms with Crippen LogP contribution in [0.25, 0.3) is 5.69 Å². The van der Waals surface area contributed by atoms with Crippen LogP contribution in [0.2, 0.25) is 10.0 Å². The predicted molar refractivity (Wildman–Crippen MR) is 75.9 cm³/mol. The van der Waals surface area contributed by atoms with Gasteiger partial charge in [-0.25, -0.2) is 4.68 Å². The van der Waals surface area contributed by atoms with Crippen molar-refractivity contribution in [2.45, 2.75) is 26.4 Å². The number of nitrogens with zero attached hydrogens (tertiary/aromatic N) is 3.